The van der Waals surface area contributed by atoms with E-state index in [2.05, 4.69) is 25.8 Å². The van der Waals surface area contributed by atoms with Crippen molar-refractivity contribution in [2.45, 2.75) is 85.5 Å². The Morgan fingerprint density at radius 1 is 1.08 bits per heavy atom. The summed E-state index contributed by atoms with van der Waals surface area (Å²) in [5, 5.41) is 0.489. The highest BCUT2D eigenvalue weighted by Crippen LogP contribution is 2.27. The van der Waals surface area contributed by atoms with E-state index in [1.165, 1.54) is 51.4 Å². The second-order valence-corrected chi connectivity index (χ2v) is 8.93. The molecule has 0 radical (unpaired) electrons. The molecule has 0 N–H and O–H groups in total. The number of hydrogen-bond donors (Lipinski definition) is 0. The van der Waals surface area contributed by atoms with Crippen LogP contribution in [0.25, 0.3) is 0 Å². The van der Waals surface area contributed by atoms with Crippen LogP contribution in [0.15, 0.2) is 4.99 Å². The molecule has 0 heterocycles. The summed E-state index contributed by atoms with van der Waals surface area (Å²) in [6, 6.07) is 0. The highest BCUT2D eigenvalue weighted by Gasteiger charge is 2.16. The molecular weight excluding hydrogens is 346 g/mol. The Labute approximate surface area is 164 Å². The van der Waals surface area contributed by atoms with Gasteiger partial charge in [0.2, 0.25) is 0 Å². The van der Waals surface area contributed by atoms with Crippen LogP contribution < -0.4 is 0 Å². The lowest BCUT2D eigenvalue weighted by atomic mass is 9.91. The molecule has 1 saturated carbocycles. The van der Waals surface area contributed by atoms with Crippen LogP contribution in [0, 0.1) is 17.8 Å². The highest BCUT2D eigenvalue weighted by atomic mass is 32.2. The number of nitrogens with zero attached hydrogens (tertiary/aromatic N) is 1. The van der Waals surface area contributed by atoms with E-state index in [1.54, 1.807) is 18.7 Å². The molecule has 4 nitrogen and oxygen atoms in total. The first kappa shape index (κ1) is 23.3. The van der Waals surface area contributed by atoms with Crippen LogP contribution in [0.2, 0.25) is 0 Å². The van der Waals surface area contributed by atoms with Crippen molar-refractivity contribution in [2.24, 2.45) is 22.7 Å². The lowest BCUT2D eigenvalue weighted by Crippen LogP contribution is -2.14. The summed E-state index contributed by atoms with van der Waals surface area (Å²) in [5.74, 6) is 3.13. The molecule has 0 bridgehead atoms. The molecule has 0 aliphatic heterocycles. The Morgan fingerprint density at radius 3 is 2.46 bits per heavy atom. The van der Waals surface area contributed by atoms with Gasteiger partial charge in [0.05, 0.1) is 13.2 Å². The van der Waals surface area contributed by atoms with E-state index in [0.29, 0.717) is 24.4 Å². The minimum atomic E-state index is -0.538. The van der Waals surface area contributed by atoms with Crippen LogP contribution in [0.5, 0.6) is 0 Å². The van der Waals surface area contributed by atoms with Crippen molar-refractivity contribution >= 4 is 23.1 Å². The number of amides is 1. The van der Waals surface area contributed by atoms with E-state index >= 15 is 0 Å². The molecule has 5 heteroatoms. The number of ether oxygens (including phenoxy) is 2. The largest absolute Gasteiger partial charge is 0.473 e. The molecule has 0 aromatic carbocycles. The van der Waals surface area contributed by atoms with E-state index < -0.39 is 6.09 Å². The molecule has 1 amide bonds. The minimum absolute atomic E-state index is 0.343. The van der Waals surface area contributed by atoms with Crippen molar-refractivity contribution in [3.8, 4) is 0 Å². The fourth-order valence-corrected chi connectivity index (χ4v) is 4.26. The van der Waals surface area contributed by atoms with Gasteiger partial charge < -0.3 is 9.47 Å². The van der Waals surface area contributed by atoms with Gasteiger partial charge in [0, 0.05) is 5.75 Å². The van der Waals surface area contributed by atoms with Gasteiger partial charge in [-0.1, -0.05) is 71.1 Å². The maximum absolute atomic E-state index is 11.7. The molecule has 1 aliphatic rings. The quantitative estimate of drug-likeness (QED) is 0.311. The van der Waals surface area contributed by atoms with Gasteiger partial charge in [-0.3, -0.25) is 0 Å². The predicted octanol–water partition coefficient (Wildman–Crippen LogP) is 6.68. The molecule has 1 rings (SSSR count). The van der Waals surface area contributed by atoms with E-state index in [4.69, 9.17) is 9.47 Å². The van der Waals surface area contributed by atoms with Crippen molar-refractivity contribution in [3.05, 3.63) is 0 Å². The first-order valence-electron chi connectivity index (χ1n) is 10.5. The maximum atomic E-state index is 11.7. The molecule has 152 valence electrons. The van der Waals surface area contributed by atoms with Crippen molar-refractivity contribution in [1.82, 2.24) is 0 Å². The van der Waals surface area contributed by atoms with Crippen molar-refractivity contribution < 1.29 is 14.3 Å². The average Bonchev–Trinajstić information content (AvgIpc) is 2.60. The molecule has 1 aliphatic carbocycles. The molecule has 1 unspecified atom stereocenters. The van der Waals surface area contributed by atoms with Crippen molar-refractivity contribution in [3.63, 3.8) is 0 Å². The summed E-state index contributed by atoms with van der Waals surface area (Å²) in [4.78, 5) is 15.7. The van der Waals surface area contributed by atoms with Crippen LogP contribution in [0.1, 0.15) is 85.5 Å². The Kier molecular flexibility index (Phi) is 12.9. The maximum Gasteiger partial charge on any atom is 0.437 e. The Bertz CT molecular complexity index is 406. The van der Waals surface area contributed by atoms with Crippen LogP contribution in [-0.2, 0) is 9.47 Å². The lowest BCUT2D eigenvalue weighted by molar-refractivity contribution is 0.162. The second kappa shape index (κ2) is 14.4. The summed E-state index contributed by atoms with van der Waals surface area (Å²) in [6.45, 7) is 9.59. The third-order valence-corrected chi connectivity index (χ3v) is 6.03. The van der Waals surface area contributed by atoms with E-state index in [9.17, 15) is 4.79 Å². The smallest absolute Gasteiger partial charge is 0.437 e. The van der Waals surface area contributed by atoms with Gasteiger partial charge >= 0.3 is 6.09 Å². The van der Waals surface area contributed by atoms with Crippen LogP contribution >= 0.6 is 11.8 Å². The van der Waals surface area contributed by atoms with Gasteiger partial charge in [-0.2, -0.15) is 0 Å². The molecule has 26 heavy (non-hydrogen) atoms. The van der Waals surface area contributed by atoms with Gasteiger partial charge in [-0.25, -0.2) is 4.79 Å². The highest BCUT2D eigenvalue weighted by molar-refractivity contribution is 8.13. The first-order chi connectivity index (χ1) is 12.5. The van der Waals surface area contributed by atoms with E-state index in [1.807, 2.05) is 0 Å². The Balaban J connectivity index is 2.36. The molecule has 1 atom stereocenters. The van der Waals surface area contributed by atoms with Crippen molar-refractivity contribution in [2.75, 3.05) is 19.0 Å². The van der Waals surface area contributed by atoms with E-state index in [0.717, 1.165) is 24.0 Å². The lowest BCUT2D eigenvalue weighted by Gasteiger charge is -2.21. The fraction of sp³-hybridized carbons (Fsp3) is 0.905. The van der Waals surface area contributed by atoms with Crippen LogP contribution in [0.4, 0.5) is 4.79 Å². The number of carbonyl (C=O) groups is 1. The molecule has 0 aromatic rings. The summed E-state index contributed by atoms with van der Waals surface area (Å²) >= 11 is 1.58. The third kappa shape index (κ3) is 11.8. The molecule has 0 aromatic heterocycles. The summed E-state index contributed by atoms with van der Waals surface area (Å²) < 4.78 is 10.8. The normalized spacial score (nSPS) is 17.3. The number of rotatable bonds is 10. The predicted molar refractivity (Wildman–Crippen MR) is 112 cm³/mol. The van der Waals surface area contributed by atoms with Gasteiger partial charge in [0.15, 0.2) is 0 Å². The fourth-order valence-electron chi connectivity index (χ4n) is 3.25. The van der Waals surface area contributed by atoms with Crippen molar-refractivity contribution in [1.29, 1.82) is 0 Å². The number of hydrogen-bond acceptors (Lipinski definition) is 4. The SMILES string of the molecule is CCOC(=O)/N=C(\OCCC(C)CCCC(C)C)SCC1CCCCC1. The standard InChI is InChI=1S/C21H39NO3S/c1-5-24-20(23)22-21(26-16-19-12-7-6-8-13-19)25-15-14-18(4)11-9-10-17(2)3/h17-19H,5-16H2,1-4H3/b22-21+. The Morgan fingerprint density at radius 2 is 1.81 bits per heavy atom. The molecule has 0 spiro atoms. The zero-order valence-electron chi connectivity index (χ0n) is 17.3. The molecule has 1 fully saturated rings. The average molecular weight is 386 g/mol. The monoisotopic (exact) mass is 385 g/mol. The minimum Gasteiger partial charge on any atom is -0.473 e. The number of aliphatic imine (C=N–C) groups is 1. The summed E-state index contributed by atoms with van der Waals surface area (Å²) in [6.07, 6.45) is 10.8. The van der Waals surface area contributed by atoms with E-state index in [-0.39, 0.29) is 0 Å². The zero-order chi connectivity index (χ0) is 19.2. The van der Waals surface area contributed by atoms with Gasteiger partial charge in [0.1, 0.15) is 0 Å². The summed E-state index contributed by atoms with van der Waals surface area (Å²) in [5.41, 5.74) is 0. The van der Waals surface area contributed by atoms with Crippen LogP contribution in [-0.4, -0.2) is 30.3 Å². The second-order valence-electron chi connectivity index (χ2n) is 7.96. The topological polar surface area (TPSA) is 47.9 Å². The first-order valence-corrected chi connectivity index (χ1v) is 11.5. The number of carbonyl (C=O) groups excluding carboxylic acids is 1. The summed E-state index contributed by atoms with van der Waals surface area (Å²) in [7, 11) is 0. The van der Waals surface area contributed by atoms with Gasteiger partial charge in [0.25, 0.3) is 5.23 Å². The molecular formula is C21H39NO3S. The van der Waals surface area contributed by atoms with Crippen LogP contribution in [0.3, 0.4) is 0 Å². The zero-order valence-corrected chi connectivity index (χ0v) is 18.1. The number of thioether (sulfide) groups is 1. The molecule has 0 saturated heterocycles. The van der Waals surface area contributed by atoms with Gasteiger partial charge in [-0.05, 0) is 43.9 Å². The van der Waals surface area contributed by atoms with Gasteiger partial charge in [-0.15, -0.1) is 4.99 Å². The third-order valence-electron chi connectivity index (χ3n) is 4.93. The Hall–Kier alpha value is -0.710.